The molecule has 132 valence electrons. The first-order valence-corrected chi connectivity index (χ1v) is 8.49. The minimum absolute atomic E-state index is 0.485. The monoisotopic (exact) mass is 331 g/mol. The number of hydrogen-bond donors (Lipinski definition) is 1. The lowest BCUT2D eigenvalue weighted by Gasteiger charge is -2.13. The highest BCUT2D eigenvalue weighted by molar-refractivity contribution is 5.86. The van der Waals surface area contributed by atoms with Crippen LogP contribution in [0.3, 0.4) is 0 Å². The molecule has 24 heavy (non-hydrogen) atoms. The van der Waals surface area contributed by atoms with Crippen LogP contribution in [0, 0.1) is 0 Å². The summed E-state index contributed by atoms with van der Waals surface area (Å²) in [5.74, 6) is -0.490. The minimum Gasteiger partial charge on any atom is -0.497 e. The molecule has 0 spiro atoms. The topological polar surface area (TPSA) is 49.8 Å². The van der Waals surface area contributed by atoms with Crippen molar-refractivity contribution >= 4 is 16.7 Å². The van der Waals surface area contributed by atoms with Gasteiger partial charge in [-0.3, -0.25) is 4.79 Å². The summed E-state index contributed by atoms with van der Waals surface area (Å²) in [6.07, 6.45) is 0. The molecule has 0 aliphatic heterocycles. The fraction of sp³-hybridized carbons (Fsp3) is 0.450. The number of ether oxygens (including phenoxy) is 1. The number of carboxylic acid groups (broad SMARTS) is 1. The molecule has 1 unspecified atom stereocenters. The molecule has 1 atom stereocenters. The van der Waals surface area contributed by atoms with Crippen molar-refractivity contribution in [2.45, 2.75) is 33.6 Å². The SMILES string of the molecule is CCN(CC)CC.COc1ccc2cc(C(C)C(=O)O)ccc2c1. The van der Waals surface area contributed by atoms with Crippen LogP contribution in [-0.4, -0.2) is 42.7 Å². The molecule has 0 aromatic heterocycles. The zero-order valence-electron chi connectivity index (χ0n) is 15.4. The third-order valence-corrected chi connectivity index (χ3v) is 4.28. The zero-order valence-corrected chi connectivity index (χ0v) is 15.4. The van der Waals surface area contributed by atoms with Crippen LogP contribution < -0.4 is 4.74 Å². The summed E-state index contributed by atoms with van der Waals surface area (Å²) in [6.45, 7) is 11.8. The fourth-order valence-electron chi connectivity index (χ4n) is 2.45. The smallest absolute Gasteiger partial charge is 0.310 e. The lowest BCUT2D eigenvalue weighted by atomic mass is 9.98. The highest BCUT2D eigenvalue weighted by atomic mass is 16.5. The standard InChI is InChI=1S/C14H14O3.C6H15N/c1-9(14(15)16)10-3-4-12-8-13(17-2)6-5-11(12)7-10;1-4-7(5-2)6-3/h3-9H,1-2H3,(H,15,16);4-6H2,1-3H3. The Morgan fingerprint density at radius 2 is 1.58 bits per heavy atom. The van der Waals surface area contributed by atoms with Gasteiger partial charge in [-0.25, -0.2) is 0 Å². The van der Waals surface area contributed by atoms with E-state index in [-0.39, 0.29) is 0 Å². The molecule has 2 aromatic rings. The average Bonchev–Trinajstić information content (AvgIpc) is 2.62. The van der Waals surface area contributed by atoms with E-state index in [1.807, 2.05) is 36.4 Å². The molecule has 1 N–H and O–H groups in total. The molecule has 0 fully saturated rings. The van der Waals surface area contributed by atoms with Gasteiger partial charge in [-0.1, -0.05) is 45.0 Å². The number of carboxylic acids is 1. The minimum atomic E-state index is -0.808. The molecule has 0 heterocycles. The fourth-order valence-corrected chi connectivity index (χ4v) is 2.45. The predicted octanol–water partition coefficient (Wildman–Crippen LogP) is 4.38. The first-order chi connectivity index (χ1) is 11.5. The summed E-state index contributed by atoms with van der Waals surface area (Å²) in [4.78, 5) is 13.3. The largest absolute Gasteiger partial charge is 0.497 e. The van der Waals surface area contributed by atoms with Crippen LogP contribution in [0.1, 0.15) is 39.2 Å². The van der Waals surface area contributed by atoms with E-state index >= 15 is 0 Å². The molecular formula is C20H29NO3. The van der Waals surface area contributed by atoms with Gasteiger partial charge in [0.15, 0.2) is 0 Å². The highest BCUT2D eigenvalue weighted by Gasteiger charge is 2.13. The quantitative estimate of drug-likeness (QED) is 0.853. The Hall–Kier alpha value is -2.07. The van der Waals surface area contributed by atoms with Crippen molar-refractivity contribution in [3.8, 4) is 5.75 Å². The number of carbonyl (C=O) groups is 1. The van der Waals surface area contributed by atoms with Gasteiger partial charge in [0.2, 0.25) is 0 Å². The Morgan fingerprint density at radius 3 is 2.04 bits per heavy atom. The van der Waals surface area contributed by atoms with Gasteiger partial charge in [-0.2, -0.15) is 0 Å². The van der Waals surface area contributed by atoms with Gasteiger partial charge in [0.05, 0.1) is 13.0 Å². The van der Waals surface area contributed by atoms with Crippen LogP contribution in [0.4, 0.5) is 0 Å². The number of hydrogen-bond acceptors (Lipinski definition) is 3. The van der Waals surface area contributed by atoms with Crippen molar-refractivity contribution in [2.75, 3.05) is 26.7 Å². The Morgan fingerprint density at radius 1 is 1.04 bits per heavy atom. The maximum Gasteiger partial charge on any atom is 0.310 e. The van der Waals surface area contributed by atoms with E-state index in [0.717, 1.165) is 22.1 Å². The van der Waals surface area contributed by atoms with Gasteiger partial charge in [0.25, 0.3) is 0 Å². The molecule has 0 bridgehead atoms. The predicted molar refractivity (Wildman–Crippen MR) is 100 cm³/mol. The molecule has 0 aliphatic carbocycles. The molecule has 4 nitrogen and oxygen atoms in total. The van der Waals surface area contributed by atoms with Crippen molar-refractivity contribution in [3.05, 3.63) is 42.0 Å². The van der Waals surface area contributed by atoms with Crippen molar-refractivity contribution < 1.29 is 14.6 Å². The van der Waals surface area contributed by atoms with Crippen LogP contribution in [0.15, 0.2) is 36.4 Å². The number of nitrogens with zero attached hydrogens (tertiary/aromatic N) is 1. The Bertz CT molecular complexity index is 645. The van der Waals surface area contributed by atoms with E-state index in [9.17, 15) is 4.79 Å². The molecule has 0 saturated heterocycles. The van der Waals surface area contributed by atoms with Gasteiger partial charge in [0, 0.05) is 0 Å². The van der Waals surface area contributed by atoms with Crippen LogP contribution in [0.25, 0.3) is 10.8 Å². The van der Waals surface area contributed by atoms with Crippen molar-refractivity contribution in [3.63, 3.8) is 0 Å². The molecule has 0 radical (unpaired) electrons. The van der Waals surface area contributed by atoms with Crippen molar-refractivity contribution in [2.24, 2.45) is 0 Å². The van der Waals surface area contributed by atoms with E-state index in [1.165, 1.54) is 19.6 Å². The normalized spacial score (nSPS) is 11.8. The summed E-state index contributed by atoms with van der Waals surface area (Å²) in [7, 11) is 1.63. The number of rotatable bonds is 6. The summed E-state index contributed by atoms with van der Waals surface area (Å²) in [5, 5.41) is 11.0. The van der Waals surface area contributed by atoms with Crippen LogP contribution in [-0.2, 0) is 4.79 Å². The van der Waals surface area contributed by atoms with Crippen LogP contribution >= 0.6 is 0 Å². The molecule has 0 amide bonds. The van der Waals surface area contributed by atoms with Gasteiger partial charge >= 0.3 is 5.97 Å². The third-order valence-electron chi connectivity index (χ3n) is 4.28. The van der Waals surface area contributed by atoms with Gasteiger partial charge < -0.3 is 14.7 Å². The maximum absolute atomic E-state index is 10.9. The third kappa shape index (κ3) is 5.53. The molecule has 2 aromatic carbocycles. The van der Waals surface area contributed by atoms with Crippen molar-refractivity contribution in [1.82, 2.24) is 4.90 Å². The van der Waals surface area contributed by atoms with E-state index in [2.05, 4.69) is 25.7 Å². The second-order valence-electron chi connectivity index (χ2n) is 5.65. The van der Waals surface area contributed by atoms with Crippen LogP contribution in [0.5, 0.6) is 5.75 Å². The summed E-state index contributed by atoms with van der Waals surface area (Å²) < 4.78 is 5.14. The molecule has 4 heteroatoms. The highest BCUT2D eigenvalue weighted by Crippen LogP contribution is 2.25. The average molecular weight is 331 g/mol. The number of benzene rings is 2. The van der Waals surface area contributed by atoms with E-state index < -0.39 is 11.9 Å². The number of fused-ring (bicyclic) bond motifs is 1. The van der Waals surface area contributed by atoms with E-state index in [4.69, 9.17) is 9.84 Å². The first-order valence-electron chi connectivity index (χ1n) is 8.49. The summed E-state index contributed by atoms with van der Waals surface area (Å²) in [5.41, 5.74) is 0.815. The maximum atomic E-state index is 10.9. The summed E-state index contributed by atoms with van der Waals surface area (Å²) >= 11 is 0. The second kappa shape index (κ2) is 9.93. The number of aliphatic carboxylic acids is 1. The second-order valence-corrected chi connectivity index (χ2v) is 5.65. The Labute approximate surface area is 145 Å². The van der Waals surface area contributed by atoms with Crippen molar-refractivity contribution in [1.29, 1.82) is 0 Å². The summed E-state index contributed by atoms with van der Waals surface area (Å²) in [6, 6.07) is 11.4. The zero-order chi connectivity index (χ0) is 18.1. The molecule has 2 rings (SSSR count). The molecule has 0 aliphatic rings. The van der Waals surface area contributed by atoms with Crippen LogP contribution in [0.2, 0.25) is 0 Å². The number of methoxy groups -OCH3 is 1. The Kier molecular flexibility index (Phi) is 8.27. The van der Waals surface area contributed by atoms with Gasteiger partial charge in [0.1, 0.15) is 5.75 Å². The molecule has 0 saturated carbocycles. The Balaban J connectivity index is 0.000000351. The first kappa shape index (κ1) is 20.0. The lowest BCUT2D eigenvalue weighted by Crippen LogP contribution is -2.21. The molecular weight excluding hydrogens is 302 g/mol. The van der Waals surface area contributed by atoms with E-state index in [1.54, 1.807) is 14.0 Å². The van der Waals surface area contributed by atoms with Gasteiger partial charge in [-0.05, 0) is 55.0 Å². The van der Waals surface area contributed by atoms with E-state index in [0.29, 0.717) is 0 Å². The lowest BCUT2D eigenvalue weighted by molar-refractivity contribution is -0.138. The van der Waals surface area contributed by atoms with Gasteiger partial charge in [-0.15, -0.1) is 0 Å².